The second kappa shape index (κ2) is 13.2. The first-order chi connectivity index (χ1) is 18.6. The monoisotopic (exact) mass is 647 g/mol. The third-order valence-electron chi connectivity index (χ3n) is 6.15. The quantitative estimate of drug-likeness (QED) is 0.304. The summed E-state index contributed by atoms with van der Waals surface area (Å²) in [4.78, 5) is 29.4. The number of anilines is 1. The molecule has 0 fully saturated rings. The highest BCUT2D eigenvalue weighted by molar-refractivity contribution is 9.10. The van der Waals surface area contributed by atoms with Gasteiger partial charge in [0.05, 0.1) is 11.9 Å². The maximum absolute atomic E-state index is 14.1. The van der Waals surface area contributed by atoms with Crippen LogP contribution in [-0.2, 0) is 32.6 Å². The molecule has 214 valence electrons. The number of halogens is 2. The zero-order valence-electron chi connectivity index (χ0n) is 23.3. The van der Waals surface area contributed by atoms with Crippen molar-refractivity contribution in [2.75, 3.05) is 17.1 Å². The van der Waals surface area contributed by atoms with E-state index in [1.165, 1.54) is 11.0 Å². The number of hydrogen-bond donors (Lipinski definition) is 1. The number of sulfonamides is 1. The highest BCUT2D eigenvalue weighted by Crippen LogP contribution is 2.27. The standard InChI is InChI=1S/C30H35BrClN3O4S/c1-21-11-16-25(32)18-26(21)35(40(5,38)39)20-28(36)34(19-23-12-14-24(31)15-13-23)27(29(37)33-30(2,3)4)17-22-9-7-6-8-10-22/h6-16,18,27H,17,19-20H2,1-5H3,(H,33,37)/t27-/m1/s1. The van der Waals surface area contributed by atoms with Crippen molar-refractivity contribution in [1.29, 1.82) is 0 Å². The molecule has 0 saturated heterocycles. The van der Waals surface area contributed by atoms with Gasteiger partial charge in [0.2, 0.25) is 21.8 Å². The zero-order chi connectivity index (χ0) is 29.7. The van der Waals surface area contributed by atoms with Gasteiger partial charge in [0.15, 0.2) is 0 Å². The molecular formula is C30H35BrClN3O4S. The van der Waals surface area contributed by atoms with Gasteiger partial charge >= 0.3 is 0 Å². The van der Waals surface area contributed by atoms with Gasteiger partial charge in [0.1, 0.15) is 12.6 Å². The summed E-state index contributed by atoms with van der Waals surface area (Å²) in [7, 11) is -3.88. The van der Waals surface area contributed by atoms with Gasteiger partial charge in [-0.25, -0.2) is 8.42 Å². The van der Waals surface area contributed by atoms with Crippen molar-refractivity contribution in [3.05, 3.63) is 99.0 Å². The summed E-state index contributed by atoms with van der Waals surface area (Å²) in [5.74, 6) is -0.843. The number of nitrogens with one attached hydrogen (secondary N) is 1. The first-order valence-electron chi connectivity index (χ1n) is 12.8. The molecule has 0 aliphatic rings. The third kappa shape index (κ3) is 9.08. The molecule has 3 rings (SSSR count). The molecule has 0 spiro atoms. The van der Waals surface area contributed by atoms with E-state index in [0.717, 1.165) is 26.2 Å². The Hall–Kier alpha value is -2.88. The van der Waals surface area contributed by atoms with Crippen molar-refractivity contribution in [3.63, 3.8) is 0 Å². The van der Waals surface area contributed by atoms with Crippen molar-refractivity contribution in [3.8, 4) is 0 Å². The molecule has 0 aromatic heterocycles. The van der Waals surface area contributed by atoms with Gasteiger partial charge in [-0.15, -0.1) is 0 Å². The number of rotatable bonds is 10. The van der Waals surface area contributed by atoms with E-state index in [-0.39, 0.29) is 18.9 Å². The fraction of sp³-hybridized carbons (Fsp3) is 0.333. The SMILES string of the molecule is Cc1ccc(Cl)cc1N(CC(=O)N(Cc1ccc(Br)cc1)[C@H](Cc1ccccc1)C(=O)NC(C)(C)C)S(C)(=O)=O. The molecule has 40 heavy (non-hydrogen) atoms. The molecule has 0 radical (unpaired) electrons. The van der Waals surface area contributed by atoms with Crippen LogP contribution in [-0.4, -0.2) is 49.5 Å². The highest BCUT2D eigenvalue weighted by Gasteiger charge is 2.34. The van der Waals surface area contributed by atoms with Crippen LogP contribution in [0, 0.1) is 6.92 Å². The van der Waals surface area contributed by atoms with Crippen LogP contribution in [0.25, 0.3) is 0 Å². The van der Waals surface area contributed by atoms with Crippen LogP contribution in [0.2, 0.25) is 5.02 Å². The summed E-state index contributed by atoms with van der Waals surface area (Å²) in [5.41, 5.74) is 2.08. The molecule has 0 heterocycles. The normalized spacial score (nSPS) is 12.5. The van der Waals surface area contributed by atoms with Gasteiger partial charge in [-0.2, -0.15) is 0 Å². The molecule has 0 saturated carbocycles. The third-order valence-corrected chi connectivity index (χ3v) is 8.04. The van der Waals surface area contributed by atoms with Crippen LogP contribution in [0.15, 0.2) is 77.3 Å². The molecule has 0 aliphatic heterocycles. The number of amides is 2. The summed E-state index contributed by atoms with van der Waals surface area (Å²) >= 11 is 9.63. The lowest BCUT2D eigenvalue weighted by atomic mass is 10.0. The van der Waals surface area contributed by atoms with Crippen LogP contribution in [0.3, 0.4) is 0 Å². The topological polar surface area (TPSA) is 86.8 Å². The number of benzene rings is 3. The molecule has 1 atom stereocenters. The predicted molar refractivity (Wildman–Crippen MR) is 165 cm³/mol. The van der Waals surface area contributed by atoms with E-state index in [9.17, 15) is 18.0 Å². The largest absolute Gasteiger partial charge is 0.350 e. The first kappa shape index (κ1) is 31.6. The van der Waals surface area contributed by atoms with Gasteiger partial charge < -0.3 is 10.2 Å². The smallest absolute Gasteiger partial charge is 0.244 e. The maximum Gasteiger partial charge on any atom is 0.244 e. The van der Waals surface area contributed by atoms with Crippen LogP contribution >= 0.6 is 27.5 Å². The van der Waals surface area contributed by atoms with E-state index in [0.29, 0.717) is 16.3 Å². The van der Waals surface area contributed by atoms with Crippen molar-refractivity contribution < 1.29 is 18.0 Å². The molecule has 3 aromatic rings. The van der Waals surface area contributed by atoms with Gasteiger partial charge in [0.25, 0.3) is 0 Å². The number of aryl methyl sites for hydroxylation is 1. The minimum Gasteiger partial charge on any atom is -0.350 e. The fourth-order valence-corrected chi connectivity index (χ4v) is 5.57. The summed E-state index contributed by atoms with van der Waals surface area (Å²) in [6.07, 6.45) is 1.30. The summed E-state index contributed by atoms with van der Waals surface area (Å²) < 4.78 is 27.8. The van der Waals surface area contributed by atoms with Crippen molar-refractivity contribution in [2.24, 2.45) is 0 Å². The van der Waals surface area contributed by atoms with Gasteiger partial charge in [-0.3, -0.25) is 13.9 Å². The van der Waals surface area contributed by atoms with E-state index < -0.39 is 34.1 Å². The van der Waals surface area contributed by atoms with Crippen LogP contribution in [0.1, 0.15) is 37.5 Å². The van der Waals surface area contributed by atoms with Crippen LogP contribution < -0.4 is 9.62 Å². The molecule has 2 amide bonds. The highest BCUT2D eigenvalue weighted by atomic mass is 79.9. The Morgan fingerprint density at radius 1 is 0.975 bits per heavy atom. The minimum absolute atomic E-state index is 0.104. The molecule has 1 N–H and O–H groups in total. The molecule has 3 aromatic carbocycles. The average molecular weight is 649 g/mol. The first-order valence-corrected chi connectivity index (χ1v) is 15.8. The molecule has 0 bridgehead atoms. The Morgan fingerprint density at radius 2 is 1.60 bits per heavy atom. The number of carbonyl (C=O) groups is 2. The summed E-state index contributed by atoms with van der Waals surface area (Å²) in [6, 6.07) is 20.9. The van der Waals surface area contributed by atoms with Crippen molar-refractivity contribution in [2.45, 2.75) is 52.2 Å². The Labute approximate surface area is 250 Å². The van der Waals surface area contributed by atoms with E-state index in [1.54, 1.807) is 19.1 Å². The second-order valence-electron chi connectivity index (χ2n) is 10.8. The lowest BCUT2D eigenvalue weighted by Crippen LogP contribution is -2.56. The molecule has 0 unspecified atom stereocenters. The Kier molecular flexibility index (Phi) is 10.4. The number of nitrogens with zero attached hydrogens (tertiary/aromatic N) is 2. The fourth-order valence-electron chi connectivity index (χ4n) is 4.24. The molecular weight excluding hydrogens is 614 g/mol. The maximum atomic E-state index is 14.1. The Morgan fingerprint density at radius 3 is 2.17 bits per heavy atom. The lowest BCUT2D eigenvalue weighted by Gasteiger charge is -2.35. The van der Waals surface area contributed by atoms with Crippen LogP contribution in [0.4, 0.5) is 5.69 Å². The predicted octanol–water partition coefficient (Wildman–Crippen LogP) is 5.73. The van der Waals surface area contributed by atoms with Gasteiger partial charge in [-0.1, -0.05) is 76.1 Å². The lowest BCUT2D eigenvalue weighted by molar-refractivity contribution is -0.140. The molecule has 7 nitrogen and oxygen atoms in total. The van der Waals surface area contributed by atoms with E-state index in [4.69, 9.17) is 11.6 Å². The molecule has 10 heteroatoms. The van der Waals surface area contributed by atoms with E-state index in [2.05, 4.69) is 21.2 Å². The van der Waals surface area contributed by atoms with E-state index >= 15 is 0 Å². The minimum atomic E-state index is -3.88. The molecule has 0 aliphatic carbocycles. The summed E-state index contributed by atoms with van der Waals surface area (Å²) in [6.45, 7) is 6.98. The van der Waals surface area contributed by atoms with Crippen molar-refractivity contribution >= 4 is 55.1 Å². The van der Waals surface area contributed by atoms with E-state index in [1.807, 2.05) is 75.4 Å². The van der Waals surface area contributed by atoms with Crippen LogP contribution in [0.5, 0.6) is 0 Å². The summed E-state index contributed by atoms with van der Waals surface area (Å²) in [5, 5.41) is 3.36. The number of carbonyl (C=O) groups excluding carboxylic acids is 2. The Bertz CT molecular complexity index is 1440. The van der Waals surface area contributed by atoms with Gasteiger partial charge in [-0.05, 0) is 68.7 Å². The van der Waals surface area contributed by atoms with Crippen molar-refractivity contribution in [1.82, 2.24) is 10.2 Å². The second-order valence-corrected chi connectivity index (χ2v) is 14.1. The average Bonchev–Trinajstić information content (AvgIpc) is 2.86. The Balaban J connectivity index is 2.09. The van der Waals surface area contributed by atoms with Gasteiger partial charge in [0, 0.05) is 28.0 Å². The zero-order valence-corrected chi connectivity index (χ0v) is 26.5. The number of hydrogen-bond acceptors (Lipinski definition) is 4.